The quantitative estimate of drug-likeness (QED) is 0.658. The van der Waals surface area contributed by atoms with Crippen molar-refractivity contribution >= 4 is 0 Å². The summed E-state index contributed by atoms with van der Waals surface area (Å²) in [6.07, 6.45) is 11.7. The van der Waals surface area contributed by atoms with E-state index in [1.807, 2.05) is 12.4 Å². The molecule has 1 aromatic rings. The zero-order valence-corrected chi connectivity index (χ0v) is 20.1. The third-order valence-electron chi connectivity index (χ3n) is 7.84. The van der Waals surface area contributed by atoms with Gasteiger partial charge in [-0.05, 0) is 115 Å². The van der Waals surface area contributed by atoms with Crippen molar-refractivity contribution in [2.45, 2.75) is 70.6 Å². The number of likely N-dealkylation sites (tertiary alicyclic amines) is 2. The number of ether oxygens (including phenoxy) is 1. The molecule has 5 heteroatoms. The highest BCUT2D eigenvalue weighted by atomic mass is 16.5. The lowest BCUT2D eigenvalue weighted by Gasteiger charge is -2.42. The van der Waals surface area contributed by atoms with Crippen LogP contribution >= 0.6 is 0 Å². The van der Waals surface area contributed by atoms with Gasteiger partial charge < -0.3 is 14.5 Å². The van der Waals surface area contributed by atoms with Crippen LogP contribution in [0.15, 0.2) is 24.5 Å². The number of aromatic nitrogens is 1. The average Bonchev–Trinajstić information content (AvgIpc) is 2.75. The van der Waals surface area contributed by atoms with Crippen LogP contribution in [-0.4, -0.2) is 84.2 Å². The second-order valence-electron chi connectivity index (χ2n) is 11.0. The van der Waals surface area contributed by atoms with E-state index in [0.29, 0.717) is 0 Å². The number of pyridine rings is 1. The van der Waals surface area contributed by atoms with Crippen molar-refractivity contribution in [1.29, 1.82) is 0 Å². The van der Waals surface area contributed by atoms with Gasteiger partial charge in [-0.25, -0.2) is 0 Å². The van der Waals surface area contributed by atoms with Crippen molar-refractivity contribution in [3.8, 4) is 0 Å². The van der Waals surface area contributed by atoms with E-state index in [2.05, 4.69) is 52.7 Å². The highest BCUT2D eigenvalue weighted by Crippen LogP contribution is 2.30. The minimum atomic E-state index is 0.0324. The summed E-state index contributed by atoms with van der Waals surface area (Å²) >= 11 is 0. The summed E-state index contributed by atoms with van der Waals surface area (Å²) < 4.78 is 5.99. The fourth-order valence-electron chi connectivity index (χ4n) is 6.06. The molecule has 0 bridgehead atoms. The molecule has 0 unspecified atom stereocenters. The maximum Gasteiger partial charge on any atom is 0.0629 e. The third kappa shape index (κ3) is 6.98. The molecule has 31 heavy (non-hydrogen) atoms. The van der Waals surface area contributed by atoms with Crippen LogP contribution in [0.25, 0.3) is 0 Å². The van der Waals surface area contributed by atoms with Crippen LogP contribution in [0.4, 0.5) is 0 Å². The van der Waals surface area contributed by atoms with E-state index in [4.69, 9.17) is 4.74 Å². The molecule has 3 aliphatic rings. The summed E-state index contributed by atoms with van der Waals surface area (Å²) in [5, 5.41) is 0. The van der Waals surface area contributed by atoms with Crippen molar-refractivity contribution in [2.75, 3.05) is 52.9 Å². The Morgan fingerprint density at radius 2 is 1.65 bits per heavy atom. The lowest BCUT2D eigenvalue weighted by Crippen LogP contribution is -2.48. The molecule has 3 fully saturated rings. The molecule has 0 aliphatic carbocycles. The Kier molecular flexibility index (Phi) is 8.02. The van der Waals surface area contributed by atoms with Gasteiger partial charge in [0.05, 0.1) is 5.60 Å². The minimum Gasteiger partial charge on any atom is -0.376 e. The Morgan fingerprint density at radius 3 is 2.32 bits per heavy atom. The van der Waals surface area contributed by atoms with Crippen LogP contribution in [0.3, 0.4) is 0 Å². The van der Waals surface area contributed by atoms with Crippen LogP contribution in [0, 0.1) is 11.8 Å². The minimum absolute atomic E-state index is 0.0324. The monoisotopic (exact) mass is 428 g/mol. The van der Waals surface area contributed by atoms with Crippen molar-refractivity contribution in [1.82, 2.24) is 19.7 Å². The van der Waals surface area contributed by atoms with Gasteiger partial charge in [0, 0.05) is 44.7 Å². The van der Waals surface area contributed by atoms with Crippen molar-refractivity contribution in [2.24, 2.45) is 11.8 Å². The van der Waals surface area contributed by atoms with E-state index in [9.17, 15) is 0 Å². The second kappa shape index (κ2) is 10.7. The van der Waals surface area contributed by atoms with E-state index >= 15 is 0 Å². The summed E-state index contributed by atoms with van der Waals surface area (Å²) in [7, 11) is 2.26. The highest BCUT2D eigenvalue weighted by molar-refractivity contribution is 5.09. The van der Waals surface area contributed by atoms with Gasteiger partial charge >= 0.3 is 0 Å². The first kappa shape index (κ1) is 23.2. The van der Waals surface area contributed by atoms with Crippen molar-refractivity contribution < 1.29 is 4.74 Å². The fraction of sp³-hybridized carbons (Fsp3) is 0.808. The van der Waals surface area contributed by atoms with Crippen molar-refractivity contribution in [3.05, 3.63) is 30.1 Å². The molecular weight excluding hydrogens is 384 g/mol. The number of hydrogen-bond acceptors (Lipinski definition) is 5. The van der Waals surface area contributed by atoms with Crippen LogP contribution in [0.1, 0.15) is 57.9 Å². The van der Waals surface area contributed by atoms with Gasteiger partial charge in [0.2, 0.25) is 0 Å². The number of piperidine rings is 2. The Morgan fingerprint density at radius 1 is 0.968 bits per heavy atom. The third-order valence-corrected chi connectivity index (χ3v) is 7.84. The van der Waals surface area contributed by atoms with Gasteiger partial charge in [0.1, 0.15) is 0 Å². The molecule has 3 aliphatic heterocycles. The normalized spacial score (nSPS) is 27.0. The van der Waals surface area contributed by atoms with Crippen LogP contribution in [0.2, 0.25) is 0 Å². The molecule has 0 aromatic carbocycles. The largest absolute Gasteiger partial charge is 0.376 e. The van der Waals surface area contributed by atoms with Crippen molar-refractivity contribution in [3.63, 3.8) is 0 Å². The van der Waals surface area contributed by atoms with Crippen LogP contribution in [-0.2, 0) is 11.3 Å². The van der Waals surface area contributed by atoms with E-state index in [1.165, 1.54) is 83.4 Å². The topological polar surface area (TPSA) is 31.8 Å². The molecule has 5 nitrogen and oxygen atoms in total. The van der Waals surface area contributed by atoms with Gasteiger partial charge in [0.25, 0.3) is 0 Å². The molecule has 0 radical (unpaired) electrons. The standard InChI is InChI=1S/C26H44N4O/c1-26(2)18-24(10-17-31-26)21-29(19-22-4-11-27-12-5-22)20-23-6-15-30(16-7-23)25-8-13-28(3)14-9-25/h4-5,11-12,23-25H,6-10,13-21H2,1-3H3/t24-/m1/s1. The van der Waals surface area contributed by atoms with E-state index in [0.717, 1.165) is 31.0 Å². The molecule has 1 aromatic heterocycles. The molecule has 0 amide bonds. The van der Waals surface area contributed by atoms with Crippen LogP contribution in [0.5, 0.6) is 0 Å². The van der Waals surface area contributed by atoms with Gasteiger partial charge in [-0.15, -0.1) is 0 Å². The Bertz CT molecular complexity index is 651. The molecule has 1 atom stereocenters. The van der Waals surface area contributed by atoms with Gasteiger partial charge in [-0.1, -0.05) is 0 Å². The average molecular weight is 429 g/mol. The Balaban J connectivity index is 1.31. The maximum atomic E-state index is 5.99. The molecule has 4 heterocycles. The summed E-state index contributed by atoms with van der Waals surface area (Å²) in [6, 6.07) is 5.20. The van der Waals surface area contributed by atoms with Gasteiger partial charge in [-0.2, -0.15) is 0 Å². The predicted octanol–water partition coefficient (Wildman–Crippen LogP) is 3.90. The number of rotatable bonds is 7. The molecule has 4 rings (SSSR count). The summed E-state index contributed by atoms with van der Waals surface area (Å²) in [6.45, 7) is 14.0. The van der Waals surface area contributed by atoms with E-state index in [1.54, 1.807) is 0 Å². The first-order valence-electron chi connectivity index (χ1n) is 12.6. The SMILES string of the molecule is CN1CCC(N2CCC(CN(Cc3ccncc3)C[C@@H]3CCOC(C)(C)C3)CC2)CC1. The molecule has 0 spiro atoms. The molecule has 174 valence electrons. The lowest BCUT2D eigenvalue weighted by atomic mass is 9.87. The van der Waals surface area contributed by atoms with Gasteiger partial charge in [-0.3, -0.25) is 9.88 Å². The Labute approximate surface area is 190 Å². The zero-order chi connectivity index (χ0) is 21.7. The first-order valence-corrected chi connectivity index (χ1v) is 12.6. The summed E-state index contributed by atoms with van der Waals surface area (Å²) in [4.78, 5) is 12.3. The second-order valence-corrected chi connectivity index (χ2v) is 11.0. The maximum absolute atomic E-state index is 5.99. The smallest absolute Gasteiger partial charge is 0.0629 e. The molecule has 3 saturated heterocycles. The Hall–Kier alpha value is -1.01. The predicted molar refractivity (Wildman–Crippen MR) is 127 cm³/mol. The van der Waals surface area contributed by atoms with Crippen LogP contribution < -0.4 is 0 Å². The number of hydrogen-bond donors (Lipinski definition) is 0. The summed E-state index contributed by atoms with van der Waals surface area (Å²) in [5.41, 5.74) is 1.43. The zero-order valence-electron chi connectivity index (χ0n) is 20.1. The molecular formula is C26H44N4O. The fourth-order valence-corrected chi connectivity index (χ4v) is 6.06. The molecule has 0 N–H and O–H groups in total. The first-order chi connectivity index (χ1) is 15.0. The summed E-state index contributed by atoms with van der Waals surface area (Å²) in [5.74, 6) is 1.57. The number of nitrogens with zero attached hydrogens (tertiary/aromatic N) is 4. The van der Waals surface area contributed by atoms with E-state index < -0.39 is 0 Å². The molecule has 0 saturated carbocycles. The van der Waals surface area contributed by atoms with E-state index in [-0.39, 0.29) is 5.60 Å². The highest BCUT2D eigenvalue weighted by Gasteiger charge is 2.32. The lowest BCUT2D eigenvalue weighted by molar-refractivity contribution is -0.0778. The van der Waals surface area contributed by atoms with Gasteiger partial charge in [0.15, 0.2) is 0 Å².